The van der Waals surface area contributed by atoms with Crippen molar-refractivity contribution in [2.24, 2.45) is 0 Å². The Kier molecular flexibility index (Phi) is 3.50. The fraction of sp³-hybridized carbons (Fsp3) is 0.333. The lowest BCUT2D eigenvalue weighted by Gasteiger charge is -2.01. The van der Waals surface area contributed by atoms with Crippen molar-refractivity contribution in [2.45, 2.75) is 13.5 Å². The summed E-state index contributed by atoms with van der Waals surface area (Å²) >= 11 is 5.72. The third-order valence-electron chi connectivity index (χ3n) is 2.02. The van der Waals surface area contributed by atoms with Gasteiger partial charge in [0.05, 0.1) is 30.7 Å². The fourth-order valence-electron chi connectivity index (χ4n) is 1.23. The van der Waals surface area contributed by atoms with E-state index in [2.05, 4.69) is 25.6 Å². The van der Waals surface area contributed by atoms with Crippen LogP contribution in [0.2, 0.25) is 5.15 Å². The molecule has 0 radical (unpaired) electrons. The highest BCUT2D eigenvalue weighted by molar-refractivity contribution is 6.29. The van der Waals surface area contributed by atoms with Gasteiger partial charge in [-0.1, -0.05) is 11.6 Å². The molecular formula is C9H11ClN6O. The first-order chi connectivity index (χ1) is 8.19. The lowest BCUT2D eigenvalue weighted by atomic mass is 10.5. The molecule has 2 aromatic rings. The maximum atomic E-state index is 8.76. The second-order valence-electron chi connectivity index (χ2n) is 3.35. The van der Waals surface area contributed by atoms with Crippen molar-refractivity contribution in [3.63, 3.8) is 0 Å². The number of aliphatic hydroxyl groups is 1. The summed E-state index contributed by atoms with van der Waals surface area (Å²) < 4.78 is 1.61. The van der Waals surface area contributed by atoms with Crippen LogP contribution in [0.25, 0.3) is 0 Å². The summed E-state index contributed by atoms with van der Waals surface area (Å²) in [7, 11) is 0. The predicted octanol–water partition coefficient (Wildman–Crippen LogP) is 0.766. The van der Waals surface area contributed by atoms with Crippen molar-refractivity contribution in [2.75, 3.05) is 11.9 Å². The molecule has 2 aromatic heterocycles. The molecule has 0 aromatic carbocycles. The van der Waals surface area contributed by atoms with E-state index in [1.165, 1.54) is 0 Å². The zero-order valence-electron chi connectivity index (χ0n) is 9.13. The summed E-state index contributed by atoms with van der Waals surface area (Å²) in [6.45, 7) is 2.23. The summed E-state index contributed by atoms with van der Waals surface area (Å²) in [6, 6.07) is 0. The molecule has 17 heavy (non-hydrogen) atoms. The minimum Gasteiger partial charge on any atom is -0.394 e. The minimum absolute atomic E-state index is 0.0409. The van der Waals surface area contributed by atoms with E-state index < -0.39 is 0 Å². The maximum Gasteiger partial charge on any atom is 0.247 e. The average Bonchev–Trinajstić information content (AvgIpc) is 2.72. The second kappa shape index (κ2) is 5.07. The Bertz CT molecular complexity index is 514. The van der Waals surface area contributed by atoms with Crippen molar-refractivity contribution in [1.29, 1.82) is 0 Å². The third kappa shape index (κ3) is 2.89. The van der Waals surface area contributed by atoms with Crippen LogP contribution in [0, 0.1) is 6.92 Å². The Labute approximate surface area is 102 Å². The van der Waals surface area contributed by atoms with Gasteiger partial charge < -0.3 is 10.4 Å². The standard InChI is InChI=1S/C9H11ClN6O/c1-6-8(10)14-15-9(12-6)13-7-4-11-16(5-7)2-3-17/h4-5,17H,2-3H2,1H3,(H,12,13,15). The van der Waals surface area contributed by atoms with E-state index in [4.69, 9.17) is 16.7 Å². The summed E-state index contributed by atoms with van der Waals surface area (Å²) in [5.74, 6) is 0.357. The molecule has 0 bridgehead atoms. The molecule has 0 aliphatic heterocycles. The molecule has 0 fully saturated rings. The fourth-order valence-corrected chi connectivity index (χ4v) is 1.31. The predicted molar refractivity (Wildman–Crippen MR) is 62.2 cm³/mol. The number of aromatic nitrogens is 5. The number of aliphatic hydroxyl groups excluding tert-OH is 1. The Morgan fingerprint density at radius 3 is 3.00 bits per heavy atom. The van der Waals surface area contributed by atoms with Gasteiger partial charge in [0.25, 0.3) is 0 Å². The van der Waals surface area contributed by atoms with Crippen molar-refractivity contribution < 1.29 is 5.11 Å². The molecular weight excluding hydrogens is 244 g/mol. The molecule has 2 rings (SSSR count). The van der Waals surface area contributed by atoms with Crippen molar-refractivity contribution >= 4 is 23.2 Å². The first kappa shape index (κ1) is 11.7. The molecule has 0 aliphatic carbocycles. The highest BCUT2D eigenvalue weighted by Gasteiger charge is 2.04. The molecule has 0 saturated heterocycles. The van der Waals surface area contributed by atoms with Gasteiger partial charge in [0.1, 0.15) is 0 Å². The molecule has 0 atom stereocenters. The van der Waals surface area contributed by atoms with Gasteiger partial charge in [0.2, 0.25) is 5.95 Å². The van der Waals surface area contributed by atoms with Gasteiger partial charge in [-0.3, -0.25) is 4.68 Å². The van der Waals surface area contributed by atoms with E-state index in [1.807, 2.05) is 0 Å². The zero-order chi connectivity index (χ0) is 12.3. The molecule has 90 valence electrons. The summed E-state index contributed by atoms with van der Waals surface area (Å²) in [4.78, 5) is 4.12. The first-order valence-corrected chi connectivity index (χ1v) is 5.34. The van der Waals surface area contributed by atoms with E-state index in [1.54, 1.807) is 24.0 Å². The number of aryl methyl sites for hydroxylation is 1. The summed E-state index contributed by atoms with van der Waals surface area (Å²) in [6.07, 6.45) is 3.35. The van der Waals surface area contributed by atoms with E-state index in [-0.39, 0.29) is 11.8 Å². The Morgan fingerprint density at radius 1 is 1.47 bits per heavy atom. The molecule has 0 amide bonds. The van der Waals surface area contributed by atoms with Crippen LogP contribution in [-0.2, 0) is 6.54 Å². The Balaban J connectivity index is 2.11. The van der Waals surface area contributed by atoms with Crippen LogP contribution in [-0.4, -0.2) is 36.7 Å². The van der Waals surface area contributed by atoms with Crippen molar-refractivity contribution in [1.82, 2.24) is 25.0 Å². The van der Waals surface area contributed by atoms with Crippen LogP contribution in [0.15, 0.2) is 12.4 Å². The SMILES string of the molecule is Cc1nc(Nc2cnn(CCO)c2)nnc1Cl. The van der Waals surface area contributed by atoms with Gasteiger partial charge in [-0.2, -0.15) is 5.10 Å². The van der Waals surface area contributed by atoms with Gasteiger partial charge in [-0.15, -0.1) is 10.2 Å². The molecule has 0 aliphatic rings. The molecule has 0 spiro atoms. The van der Waals surface area contributed by atoms with Gasteiger partial charge >= 0.3 is 0 Å². The number of hydrogen-bond acceptors (Lipinski definition) is 6. The zero-order valence-corrected chi connectivity index (χ0v) is 9.89. The molecule has 0 saturated carbocycles. The summed E-state index contributed by atoms with van der Waals surface area (Å²) in [5.41, 5.74) is 1.33. The molecule has 0 unspecified atom stereocenters. The minimum atomic E-state index is 0.0409. The van der Waals surface area contributed by atoms with Crippen LogP contribution >= 0.6 is 11.6 Å². The maximum absolute atomic E-state index is 8.76. The van der Waals surface area contributed by atoms with Crippen LogP contribution in [0.1, 0.15) is 5.69 Å². The van der Waals surface area contributed by atoms with Gasteiger partial charge in [-0.25, -0.2) is 4.98 Å². The lowest BCUT2D eigenvalue weighted by Crippen LogP contribution is -2.02. The van der Waals surface area contributed by atoms with Crippen LogP contribution in [0.5, 0.6) is 0 Å². The monoisotopic (exact) mass is 254 g/mol. The van der Waals surface area contributed by atoms with E-state index in [0.717, 1.165) is 5.69 Å². The second-order valence-corrected chi connectivity index (χ2v) is 3.71. The Hall–Kier alpha value is -1.73. The summed E-state index contributed by atoms with van der Waals surface area (Å²) in [5, 5.41) is 23.6. The van der Waals surface area contributed by atoms with E-state index >= 15 is 0 Å². The quantitative estimate of drug-likeness (QED) is 0.838. The third-order valence-corrected chi connectivity index (χ3v) is 2.37. The number of rotatable bonds is 4. The van der Waals surface area contributed by atoms with Gasteiger partial charge in [-0.05, 0) is 6.92 Å². The average molecular weight is 255 g/mol. The lowest BCUT2D eigenvalue weighted by molar-refractivity contribution is 0.269. The van der Waals surface area contributed by atoms with Crippen molar-refractivity contribution in [3.8, 4) is 0 Å². The highest BCUT2D eigenvalue weighted by atomic mass is 35.5. The molecule has 2 heterocycles. The first-order valence-electron chi connectivity index (χ1n) is 4.96. The molecule has 8 heteroatoms. The smallest absolute Gasteiger partial charge is 0.247 e. The van der Waals surface area contributed by atoms with E-state index in [9.17, 15) is 0 Å². The largest absolute Gasteiger partial charge is 0.394 e. The van der Waals surface area contributed by atoms with E-state index in [0.29, 0.717) is 18.2 Å². The number of anilines is 2. The van der Waals surface area contributed by atoms with Crippen LogP contribution in [0.3, 0.4) is 0 Å². The van der Waals surface area contributed by atoms with Crippen LogP contribution < -0.4 is 5.32 Å². The number of halogens is 1. The number of nitrogens with one attached hydrogen (secondary N) is 1. The van der Waals surface area contributed by atoms with Crippen LogP contribution in [0.4, 0.5) is 11.6 Å². The topological polar surface area (TPSA) is 88.8 Å². The molecule has 7 nitrogen and oxygen atoms in total. The number of nitrogens with zero attached hydrogens (tertiary/aromatic N) is 5. The normalized spacial score (nSPS) is 10.5. The number of hydrogen-bond donors (Lipinski definition) is 2. The Morgan fingerprint density at radius 2 is 2.29 bits per heavy atom. The van der Waals surface area contributed by atoms with Gasteiger partial charge in [0, 0.05) is 6.20 Å². The molecule has 2 N–H and O–H groups in total. The van der Waals surface area contributed by atoms with Crippen molar-refractivity contribution in [3.05, 3.63) is 23.2 Å². The van der Waals surface area contributed by atoms with Gasteiger partial charge in [0.15, 0.2) is 5.15 Å². The highest BCUT2D eigenvalue weighted by Crippen LogP contribution is 2.13.